The number of esters is 1. The molecule has 10 heteroatoms. The molecule has 0 bridgehead atoms. The van der Waals surface area contributed by atoms with Crippen LogP contribution in [0.15, 0.2) is 41.3 Å². The zero-order valence-corrected chi connectivity index (χ0v) is 16.9. The van der Waals surface area contributed by atoms with E-state index in [9.17, 15) is 23.3 Å². The van der Waals surface area contributed by atoms with Crippen molar-refractivity contribution >= 4 is 21.8 Å². The number of hydrogen-bond donors (Lipinski definition) is 1. The number of benzene rings is 2. The third kappa shape index (κ3) is 5.75. The Balaban J connectivity index is 2.11. The SMILES string of the molecule is CCC(C)c1ccc(OC(=O)COc2cc(C)c(S(=O)(=O)O)cc2[N+](=O)[O-])cc1. The number of nitro groups is 1. The van der Waals surface area contributed by atoms with E-state index in [1.54, 1.807) is 12.1 Å². The van der Waals surface area contributed by atoms with E-state index in [0.29, 0.717) is 17.7 Å². The first-order valence-corrected chi connectivity index (χ1v) is 10.2. The second kappa shape index (κ2) is 9.01. The molecule has 0 saturated carbocycles. The lowest BCUT2D eigenvalue weighted by atomic mass is 9.99. The Morgan fingerprint density at radius 1 is 1.24 bits per heavy atom. The summed E-state index contributed by atoms with van der Waals surface area (Å²) < 4.78 is 42.1. The normalized spacial score (nSPS) is 12.3. The summed E-state index contributed by atoms with van der Waals surface area (Å²) in [6.45, 7) is 4.85. The summed E-state index contributed by atoms with van der Waals surface area (Å²) in [5.74, 6) is -0.424. The largest absolute Gasteiger partial charge is 0.475 e. The van der Waals surface area contributed by atoms with E-state index in [0.717, 1.165) is 18.1 Å². The van der Waals surface area contributed by atoms with Gasteiger partial charge in [0.1, 0.15) is 10.6 Å². The molecule has 1 unspecified atom stereocenters. The quantitative estimate of drug-likeness (QED) is 0.224. The first kappa shape index (κ1) is 22.3. The van der Waals surface area contributed by atoms with Crippen molar-refractivity contribution in [3.63, 3.8) is 0 Å². The van der Waals surface area contributed by atoms with Gasteiger partial charge in [-0.3, -0.25) is 14.7 Å². The Morgan fingerprint density at radius 3 is 2.38 bits per heavy atom. The van der Waals surface area contributed by atoms with E-state index in [2.05, 4.69) is 13.8 Å². The van der Waals surface area contributed by atoms with Crippen molar-refractivity contribution in [2.75, 3.05) is 6.61 Å². The molecule has 0 aliphatic carbocycles. The average molecular weight is 423 g/mol. The predicted octanol–water partition coefficient (Wildman–Crippen LogP) is 3.65. The van der Waals surface area contributed by atoms with E-state index in [1.165, 1.54) is 6.92 Å². The smallest absolute Gasteiger partial charge is 0.349 e. The summed E-state index contributed by atoms with van der Waals surface area (Å²) in [6, 6.07) is 8.73. The fourth-order valence-electron chi connectivity index (χ4n) is 2.58. The summed E-state index contributed by atoms with van der Waals surface area (Å²) in [6.07, 6.45) is 0.974. The summed E-state index contributed by atoms with van der Waals surface area (Å²) in [5.41, 5.74) is 0.435. The van der Waals surface area contributed by atoms with E-state index in [4.69, 9.17) is 14.0 Å². The predicted molar refractivity (Wildman–Crippen MR) is 104 cm³/mol. The number of rotatable bonds is 8. The van der Waals surface area contributed by atoms with Crippen LogP contribution in [0.25, 0.3) is 0 Å². The second-order valence-corrected chi connectivity index (χ2v) is 7.85. The van der Waals surface area contributed by atoms with Gasteiger partial charge in [0.15, 0.2) is 12.4 Å². The highest BCUT2D eigenvalue weighted by Crippen LogP contribution is 2.32. The van der Waals surface area contributed by atoms with Crippen LogP contribution < -0.4 is 9.47 Å². The molecule has 0 fully saturated rings. The molecule has 2 rings (SSSR count). The van der Waals surface area contributed by atoms with Crippen molar-refractivity contribution in [2.45, 2.75) is 38.0 Å². The summed E-state index contributed by atoms with van der Waals surface area (Å²) in [4.78, 5) is 21.7. The first-order valence-electron chi connectivity index (χ1n) is 8.72. The summed E-state index contributed by atoms with van der Waals surface area (Å²) >= 11 is 0. The van der Waals surface area contributed by atoms with E-state index >= 15 is 0 Å². The molecule has 9 nitrogen and oxygen atoms in total. The molecule has 29 heavy (non-hydrogen) atoms. The monoisotopic (exact) mass is 423 g/mol. The zero-order valence-electron chi connectivity index (χ0n) is 16.1. The topological polar surface area (TPSA) is 133 Å². The third-order valence-electron chi connectivity index (χ3n) is 4.37. The zero-order chi connectivity index (χ0) is 21.8. The molecule has 0 heterocycles. The molecular formula is C19H21NO8S. The lowest BCUT2D eigenvalue weighted by Crippen LogP contribution is -2.18. The fraction of sp³-hybridized carbons (Fsp3) is 0.316. The Bertz CT molecular complexity index is 1020. The van der Waals surface area contributed by atoms with Crippen LogP contribution in [-0.2, 0) is 14.9 Å². The molecule has 0 aliphatic rings. The fourth-order valence-corrected chi connectivity index (χ4v) is 3.31. The molecule has 0 saturated heterocycles. The van der Waals surface area contributed by atoms with Crippen LogP contribution in [0.5, 0.6) is 11.5 Å². The van der Waals surface area contributed by atoms with Crippen molar-refractivity contribution in [1.82, 2.24) is 0 Å². The van der Waals surface area contributed by atoms with Crippen LogP contribution >= 0.6 is 0 Å². The van der Waals surface area contributed by atoms with Gasteiger partial charge in [-0.2, -0.15) is 8.42 Å². The standard InChI is InChI=1S/C19H21NO8S/c1-4-12(2)14-5-7-15(8-6-14)28-19(21)11-27-17-9-13(3)18(29(24,25)26)10-16(17)20(22)23/h5-10,12H,4,11H2,1-3H3,(H,24,25,26). The van der Waals surface area contributed by atoms with Crippen molar-refractivity contribution in [1.29, 1.82) is 0 Å². The van der Waals surface area contributed by atoms with Gasteiger partial charge < -0.3 is 9.47 Å². The van der Waals surface area contributed by atoms with Gasteiger partial charge in [0.2, 0.25) is 0 Å². The van der Waals surface area contributed by atoms with Crippen LogP contribution in [0.3, 0.4) is 0 Å². The molecule has 0 amide bonds. The number of nitrogens with zero attached hydrogens (tertiary/aromatic N) is 1. The minimum absolute atomic E-state index is 0.0297. The van der Waals surface area contributed by atoms with Crippen LogP contribution in [0.1, 0.15) is 37.3 Å². The number of nitro benzene ring substituents is 1. The third-order valence-corrected chi connectivity index (χ3v) is 5.37. The Hall–Kier alpha value is -2.98. The summed E-state index contributed by atoms with van der Waals surface area (Å²) in [5, 5.41) is 11.2. The Morgan fingerprint density at radius 2 is 1.86 bits per heavy atom. The highest BCUT2D eigenvalue weighted by Gasteiger charge is 2.24. The van der Waals surface area contributed by atoms with Gasteiger partial charge in [-0.25, -0.2) is 4.79 Å². The molecule has 156 valence electrons. The average Bonchev–Trinajstić information content (AvgIpc) is 2.65. The highest BCUT2D eigenvalue weighted by molar-refractivity contribution is 7.85. The first-order chi connectivity index (χ1) is 13.5. The highest BCUT2D eigenvalue weighted by atomic mass is 32.2. The van der Waals surface area contributed by atoms with E-state index in [1.807, 2.05) is 12.1 Å². The maximum absolute atomic E-state index is 12.0. The maximum atomic E-state index is 12.0. The lowest BCUT2D eigenvalue weighted by molar-refractivity contribution is -0.386. The minimum atomic E-state index is -4.64. The van der Waals surface area contributed by atoms with Crippen molar-refractivity contribution in [3.8, 4) is 11.5 Å². The second-order valence-electron chi connectivity index (χ2n) is 6.46. The number of carbonyl (C=O) groups is 1. The molecule has 2 aromatic rings. The molecule has 2 aromatic carbocycles. The van der Waals surface area contributed by atoms with Crippen LogP contribution in [0.4, 0.5) is 5.69 Å². The van der Waals surface area contributed by atoms with Gasteiger partial charge in [-0.15, -0.1) is 0 Å². The molecule has 1 N–H and O–H groups in total. The number of carbonyl (C=O) groups excluding carboxylic acids is 1. The van der Waals surface area contributed by atoms with E-state index in [-0.39, 0.29) is 11.3 Å². The Kier molecular flexibility index (Phi) is 6.93. The van der Waals surface area contributed by atoms with Gasteiger partial charge in [0, 0.05) is 6.07 Å². The van der Waals surface area contributed by atoms with Crippen LogP contribution in [0.2, 0.25) is 0 Å². The maximum Gasteiger partial charge on any atom is 0.349 e. The van der Waals surface area contributed by atoms with Crippen molar-refractivity contribution < 1.29 is 32.2 Å². The molecule has 0 aromatic heterocycles. The van der Waals surface area contributed by atoms with Crippen LogP contribution in [-0.4, -0.2) is 30.5 Å². The van der Waals surface area contributed by atoms with Gasteiger partial charge >= 0.3 is 11.7 Å². The molecule has 0 aliphatic heterocycles. The van der Waals surface area contributed by atoms with Gasteiger partial charge in [-0.1, -0.05) is 26.0 Å². The van der Waals surface area contributed by atoms with Crippen molar-refractivity contribution in [3.05, 3.63) is 57.6 Å². The van der Waals surface area contributed by atoms with Gasteiger partial charge in [-0.05, 0) is 48.6 Å². The number of hydrogen-bond acceptors (Lipinski definition) is 7. The van der Waals surface area contributed by atoms with Crippen LogP contribution in [0, 0.1) is 17.0 Å². The van der Waals surface area contributed by atoms with Crippen molar-refractivity contribution in [2.24, 2.45) is 0 Å². The Labute approximate surface area is 168 Å². The number of aryl methyl sites for hydroxylation is 1. The van der Waals surface area contributed by atoms with Gasteiger partial charge in [0.05, 0.1) is 4.92 Å². The number of ether oxygens (including phenoxy) is 2. The lowest BCUT2D eigenvalue weighted by Gasteiger charge is -2.11. The molecular weight excluding hydrogens is 402 g/mol. The minimum Gasteiger partial charge on any atom is -0.475 e. The molecule has 0 spiro atoms. The molecule has 1 atom stereocenters. The summed E-state index contributed by atoms with van der Waals surface area (Å²) in [7, 11) is -4.64. The van der Waals surface area contributed by atoms with Gasteiger partial charge in [0.25, 0.3) is 10.1 Å². The van der Waals surface area contributed by atoms with E-state index < -0.39 is 38.2 Å². The molecule has 0 radical (unpaired) electrons.